The van der Waals surface area contributed by atoms with E-state index in [1.54, 1.807) is 0 Å². The monoisotopic (exact) mass is 220 g/mol. The maximum atomic E-state index is 9.90. The predicted octanol–water partition coefficient (Wildman–Crippen LogP) is 3.65. The third-order valence-electron chi connectivity index (χ3n) is 0. The first-order valence-electron chi connectivity index (χ1n) is 0.926. The van der Waals surface area contributed by atoms with Gasteiger partial charge in [-0.25, -0.2) is 0 Å². The van der Waals surface area contributed by atoms with Crippen LogP contribution in [0.25, 0.3) is 0 Å². The van der Waals surface area contributed by atoms with Gasteiger partial charge in [-0.05, 0) is 0 Å². The number of hydrogen-bond donors (Lipinski definition) is 3. The second kappa shape index (κ2) is 2.56. The molecule has 10 heavy (non-hydrogen) atoms. The van der Waals surface area contributed by atoms with Crippen molar-refractivity contribution in [3.63, 3.8) is 0 Å². The molecule has 75 valence electrons. The molecule has 0 unspecified atom stereocenters. The Balaban J connectivity index is -0.0000000600. The first-order valence-corrected chi connectivity index (χ1v) is 3.82. The molecule has 12 N–H and O–H groups in total. The van der Waals surface area contributed by atoms with Crippen LogP contribution < -0.4 is 18.5 Å². The van der Waals surface area contributed by atoms with Crippen LogP contribution in [0, 0.1) is 0 Å². The van der Waals surface area contributed by atoms with Crippen LogP contribution in [-0.4, -0.2) is 0 Å². The van der Waals surface area contributed by atoms with Gasteiger partial charge in [0.2, 0.25) is 0 Å². The zero-order valence-electron chi connectivity index (χ0n) is 5.68. The van der Waals surface area contributed by atoms with Crippen molar-refractivity contribution in [3.05, 3.63) is 0 Å². The first-order chi connectivity index (χ1) is 2.45. The van der Waals surface area contributed by atoms with Crippen LogP contribution in [0.5, 0.6) is 0 Å². The predicted molar refractivity (Wildman–Crippen MR) is 24.6 cm³/mol. The van der Waals surface area contributed by atoms with E-state index in [1.165, 1.54) is 0 Å². The van der Waals surface area contributed by atoms with Gasteiger partial charge < -0.3 is 18.5 Å². The molecule has 0 saturated carbocycles. The number of rotatable bonds is 0. The van der Waals surface area contributed by atoms with Gasteiger partial charge in [0.05, 0.1) is 0 Å². The summed E-state index contributed by atoms with van der Waals surface area (Å²) in [7, 11) is 0. The molecule has 0 atom stereocenters. The number of quaternary nitrogens is 3. The van der Waals surface area contributed by atoms with Gasteiger partial charge in [0, 0.05) is 0 Å². The van der Waals surface area contributed by atoms with Crippen LogP contribution in [0.1, 0.15) is 0 Å². The summed E-state index contributed by atoms with van der Waals surface area (Å²) in [5.74, 6) is 0. The van der Waals surface area contributed by atoms with E-state index in [1.807, 2.05) is 0 Å². The molecular formula is H12CrF6N3. The molecule has 0 aliphatic carbocycles. The zero-order valence-corrected chi connectivity index (χ0v) is 6.95. The van der Waals surface area contributed by atoms with E-state index < -0.39 is 13.7 Å². The summed E-state index contributed by atoms with van der Waals surface area (Å²) in [5, 5.41) is 0. The molecule has 0 saturated heterocycles. The van der Waals surface area contributed by atoms with Crippen molar-refractivity contribution >= 4 is 0 Å². The quantitative estimate of drug-likeness (QED) is 0.518. The van der Waals surface area contributed by atoms with Crippen molar-refractivity contribution in [1.82, 2.24) is 18.5 Å². The van der Waals surface area contributed by atoms with Crippen LogP contribution in [0.2, 0.25) is 0 Å². The molecule has 0 aliphatic rings. The Morgan fingerprint density at radius 1 is 0.500 bits per heavy atom. The van der Waals surface area contributed by atoms with Gasteiger partial charge in [0.25, 0.3) is 0 Å². The van der Waals surface area contributed by atoms with Crippen molar-refractivity contribution in [3.8, 4) is 0 Å². The minimum atomic E-state index is -11.0. The minimum absolute atomic E-state index is 0. The largest absolute Gasteiger partial charge is 0.369 e. The molecule has 0 bridgehead atoms. The van der Waals surface area contributed by atoms with Crippen LogP contribution in [0.4, 0.5) is 21.1 Å². The van der Waals surface area contributed by atoms with Gasteiger partial charge in [0.1, 0.15) is 0 Å². The normalized spacial score (nSPS) is 16.2. The van der Waals surface area contributed by atoms with Gasteiger partial charge in [-0.3, -0.25) is 0 Å². The third-order valence-corrected chi connectivity index (χ3v) is 0. The average molecular weight is 220 g/mol. The fraction of sp³-hybridized carbons (Fsp3) is 0. The molecule has 0 aromatic rings. The summed E-state index contributed by atoms with van der Waals surface area (Å²) >= 11 is -11.0. The summed E-state index contributed by atoms with van der Waals surface area (Å²) < 4.78 is 59.4. The minimum Gasteiger partial charge on any atom is -0.369 e. The molecule has 0 aliphatic heterocycles. The molecule has 0 amide bonds. The van der Waals surface area contributed by atoms with Crippen LogP contribution in [0.3, 0.4) is 0 Å². The molecule has 0 rings (SSSR count). The first kappa shape index (κ1) is 22.5. The van der Waals surface area contributed by atoms with E-state index in [9.17, 15) is 21.1 Å². The van der Waals surface area contributed by atoms with E-state index in [4.69, 9.17) is 0 Å². The molecule has 0 fully saturated rings. The summed E-state index contributed by atoms with van der Waals surface area (Å²) in [6.07, 6.45) is 0. The maximum Gasteiger partial charge on any atom is -0.369 e. The second-order valence-corrected chi connectivity index (χ2v) is 3.61. The molecule has 0 heterocycles. The Kier molecular flexibility index (Phi) is 5.75. The van der Waals surface area contributed by atoms with Crippen molar-refractivity contribution in [2.75, 3.05) is 0 Å². The fourth-order valence-electron chi connectivity index (χ4n) is 0. The SMILES string of the molecule is [F][Cr-3]([F])([F])([F])([F])[F].[NH4+].[NH4+].[NH4+]. The van der Waals surface area contributed by atoms with E-state index >= 15 is 0 Å². The van der Waals surface area contributed by atoms with Crippen LogP contribution in [0.15, 0.2) is 0 Å². The van der Waals surface area contributed by atoms with Crippen LogP contribution in [-0.2, 0) is 13.7 Å². The Morgan fingerprint density at radius 2 is 0.500 bits per heavy atom. The fourth-order valence-corrected chi connectivity index (χ4v) is 0. The van der Waals surface area contributed by atoms with Crippen molar-refractivity contribution in [2.24, 2.45) is 0 Å². The van der Waals surface area contributed by atoms with Crippen molar-refractivity contribution in [1.29, 1.82) is 0 Å². The van der Waals surface area contributed by atoms with E-state index in [0.717, 1.165) is 0 Å². The van der Waals surface area contributed by atoms with Crippen molar-refractivity contribution in [2.45, 2.75) is 0 Å². The number of halogens is 6. The second-order valence-electron chi connectivity index (χ2n) is 0.875. The topological polar surface area (TPSA) is 110 Å². The van der Waals surface area contributed by atoms with Gasteiger partial charge in [-0.1, -0.05) is 0 Å². The smallest absolute Gasteiger partial charge is 0.369 e. The Hall–Kier alpha value is -0.00753. The molecule has 0 radical (unpaired) electrons. The molecule has 3 nitrogen and oxygen atoms in total. The maximum absolute atomic E-state index is 11.0. The summed E-state index contributed by atoms with van der Waals surface area (Å²) in [6.45, 7) is 0. The standard InChI is InChI=1S/Cr.6FH.3H3N/h;6*1H;3*1H3/q+3;;;;;;;;;/p-3. The van der Waals surface area contributed by atoms with E-state index in [-0.39, 0.29) is 18.5 Å². The molecule has 0 aromatic carbocycles. The van der Waals surface area contributed by atoms with Gasteiger partial charge >= 0.3 is 34.8 Å². The number of hydrogen-bond acceptors (Lipinski definition) is 0. The molecule has 0 aromatic heterocycles. The van der Waals surface area contributed by atoms with Gasteiger partial charge in [-0.15, -0.1) is 0 Å². The zero-order chi connectivity index (χ0) is 6.41. The molecular weight excluding hydrogens is 208 g/mol. The summed E-state index contributed by atoms with van der Waals surface area (Å²) in [4.78, 5) is 0. The average Bonchev–Trinajstić information content (AvgIpc) is 0.592. The molecule has 10 heteroatoms. The van der Waals surface area contributed by atoms with Crippen molar-refractivity contribution < 1.29 is 34.8 Å². The van der Waals surface area contributed by atoms with Crippen LogP contribution >= 0.6 is 0 Å². The molecule has 0 spiro atoms. The van der Waals surface area contributed by atoms with E-state index in [2.05, 4.69) is 0 Å². The third kappa shape index (κ3) is 6890000. The Labute approximate surface area is 54.3 Å². The summed E-state index contributed by atoms with van der Waals surface area (Å²) in [6, 6.07) is 0. The van der Waals surface area contributed by atoms with Gasteiger partial charge in [-0.2, -0.15) is 0 Å². The Morgan fingerprint density at radius 3 is 0.500 bits per heavy atom. The van der Waals surface area contributed by atoms with Gasteiger partial charge in [0.15, 0.2) is 0 Å². The van der Waals surface area contributed by atoms with E-state index in [0.29, 0.717) is 0 Å². The summed E-state index contributed by atoms with van der Waals surface area (Å²) in [5.41, 5.74) is 0. The Bertz CT molecular complexity index is 71.6.